The molecule has 94 valence electrons. The summed E-state index contributed by atoms with van der Waals surface area (Å²) in [6, 6.07) is 0. The van der Waals surface area contributed by atoms with Gasteiger partial charge in [0.05, 0.1) is 6.54 Å². The summed E-state index contributed by atoms with van der Waals surface area (Å²) in [6.07, 6.45) is 1.26. The van der Waals surface area contributed by atoms with Crippen molar-refractivity contribution in [2.75, 3.05) is 33.2 Å². The monoisotopic (exact) mass is 229 g/mol. The molecule has 0 rings (SSSR count). The molecule has 0 spiro atoms. The third-order valence-corrected chi connectivity index (χ3v) is 2.43. The summed E-state index contributed by atoms with van der Waals surface area (Å²) in [6.45, 7) is 6.47. The topological polar surface area (TPSA) is 61.4 Å². The number of amides is 2. The fourth-order valence-electron chi connectivity index (χ4n) is 1.38. The Hall–Kier alpha value is -1.10. The molecule has 0 aliphatic carbocycles. The Morgan fingerprint density at radius 3 is 2.31 bits per heavy atom. The van der Waals surface area contributed by atoms with Crippen LogP contribution in [0.15, 0.2) is 0 Å². The highest BCUT2D eigenvalue weighted by molar-refractivity contribution is 5.78. The summed E-state index contributed by atoms with van der Waals surface area (Å²) in [7, 11) is 1.62. The normalized spacial score (nSPS) is 9.94. The van der Waals surface area contributed by atoms with Crippen molar-refractivity contribution >= 4 is 11.8 Å². The molecule has 16 heavy (non-hydrogen) atoms. The summed E-state index contributed by atoms with van der Waals surface area (Å²) in [5.41, 5.74) is 0. The third kappa shape index (κ3) is 6.40. The Morgan fingerprint density at radius 1 is 1.19 bits per heavy atom. The van der Waals surface area contributed by atoms with E-state index in [2.05, 4.69) is 10.6 Å². The first kappa shape index (κ1) is 14.9. The molecule has 0 aromatic rings. The molecule has 0 atom stereocenters. The Balaban J connectivity index is 3.51. The van der Waals surface area contributed by atoms with Crippen LogP contribution in [0.1, 0.15) is 26.7 Å². The highest BCUT2D eigenvalue weighted by Crippen LogP contribution is 1.89. The lowest BCUT2D eigenvalue weighted by atomic mass is 10.3. The lowest BCUT2D eigenvalue weighted by molar-refractivity contribution is -0.129. The van der Waals surface area contributed by atoms with Gasteiger partial charge in [-0.25, -0.2) is 0 Å². The molecule has 2 N–H and O–H groups in total. The molecular weight excluding hydrogens is 206 g/mol. The van der Waals surface area contributed by atoms with Crippen molar-refractivity contribution in [3.63, 3.8) is 0 Å². The summed E-state index contributed by atoms with van der Waals surface area (Å²) in [5.74, 6) is 0.154. The number of hydrogen-bond acceptors (Lipinski definition) is 3. The van der Waals surface area contributed by atoms with Crippen molar-refractivity contribution in [2.24, 2.45) is 0 Å². The number of nitrogens with zero attached hydrogens (tertiary/aromatic N) is 1. The van der Waals surface area contributed by atoms with Crippen LogP contribution in [0.2, 0.25) is 0 Å². The number of rotatable bonds is 8. The third-order valence-electron chi connectivity index (χ3n) is 2.43. The van der Waals surface area contributed by atoms with Gasteiger partial charge in [-0.05, 0) is 26.8 Å². The maximum absolute atomic E-state index is 11.5. The molecule has 0 aromatic carbocycles. The maximum Gasteiger partial charge on any atom is 0.236 e. The molecule has 0 aliphatic rings. The minimum Gasteiger partial charge on any atom is -0.359 e. The SMILES string of the molecule is CCN(CC)C(=O)CNCCCC(=O)NC. The van der Waals surface area contributed by atoms with E-state index in [0.717, 1.165) is 19.5 Å². The Morgan fingerprint density at radius 2 is 1.81 bits per heavy atom. The molecule has 0 unspecified atom stereocenters. The van der Waals surface area contributed by atoms with Gasteiger partial charge in [0, 0.05) is 26.6 Å². The fraction of sp³-hybridized carbons (Fsp3) is 0.818. The van der Waals surface area contributed by atoms with Crippen LogP contribution in [0, 0.1) is 0 Å². The van der Waals surface area contributed by atoms with Gasteiger partial charge in [-0.2, -0.15) is 0 Å². The van der Waals surface area contributed by atoms with Crippen molar-refractivity contribution in [2.45, 2.75) is 26.7 Å². The zero-order valence-corrected chi connectivity index (χ0v) is 10.5. The average Bonchev–Trinajstić information content (AvgIpc) is 2.29. The van der Waals surface area contributed by atoms with Gasteiger partial charge in [0.15, 0.2) is 0 Å². The van der Waals surface area contributed by atoms with Gasteiger partial charge >= 0.3 is 0 Å². The lowest BCUT2D eigenvalue weighted by Crippen LogP contribution is -2.38. The smallest absolute Gasteiger partial charge is 0.236 e. The molecule has 5 heteroatoms. The van der Waals surface area contributed by atoms with Gasteiger partial charge in [-0.1, -0.05) is 0 Å². The zero-order chi connectivity index (χ0) is 12.4. The van der Waals surface area contributed by atoms with E-state index < -0.39 is 0 Å². The first-order valence-electron chi connectivity index (χ1n) is 5.84. The quantitative estimate of drug-likeness (QED) is 0.575. The van der Waals surface area contributed by atoms with Crippen LogP contribution in [0.3, 0.4) is 0 Å². The minimum absolute atomic E-state index is 0.0388. The van der Waals surface area contributed by atoms with Gasteiger partial charge in [-0.15, -0.1) is 0 Å². The van der Waals surface area contributed by atoms with Gasteiger partial charge in [0.1, 0.15) is 0 Å². The second kappa shape index (κ2) is 9.15. The number of nitrogens with one attached hydrogen (secondary N) is 2. The number of likely N-dealkylation sites (N-methyl/N-ethyl adjacent to an activating group) is 1. The van der Waals surface area contributed by atoms with Gasteiger partial charge < -0.3 is 15.5 Å². The number of carbonyl (C=O) groups is 2. The number of hydrogen-bond donors (Lipinski definition) is 2. The standard InChI is InChI=1S/C11H23N3O2/c1-4-14(5-2)11(16)9-13-8-6-7-10(15)12-3/h13H,4-9H2,1-3H3,(H,12,15). The van der Waals surface area contributed by atoms with Crippen molar-refractivity contribution in [3.05, 3.63) is 0 Å². The van der Waals surface area contributed by atoms with Crippen LogP contribution in [-0.2, 0) is 9.59 Å². The van der Waals surface area contributed by atoms with Gasteiger partial charge in [0.2, 0.25) is 11.8 Å². The molecule has 0 aromatic heterocycles. The van der Waals surface area contributed by atoms with Crippen molar-refractivity contribution in [3.8, 4) is 0 Å². The van der Waals surface area contributed by atoms with E-state index in [4.69, 9.17) is 0 Å². The van der Waals surface area contributed by atoms with Crippen LogP contribution >= 0.6 is 0 Å². The first-order valence-corrected chi connectivity index (χ1v) is 5.84. The molecule has 0 aliphatic heterocycles. The predicted molar refractivity (Wildman–Crippen MR) is 64.1 cm³/mol. The second-order valence-electron chi connectivity index (χ2n) is 3.52. The summed E-state index contributed by atoms with van der Waals surface area (Å²) >= 11 is 0. The van der Waals surface area contributed by atoms with Crippen molar-refractivity contribution in [1.82, 2.24) is 15.5 Å². The summed E-state index contributed by atoms with van der Waals surface area (Å²) in [5, 5.41) is 5.60. The van der Waals surface area contributed by atoms with E-state index in [1.165, 1.54) is 0 Å². The maximum atomic E-state index is 11.5. The largest absolute Gasteiger partial charge is 0.359 e. The molecular formula is C11H23N3O2. The average molecular weight is 229 g/mol. The van der Waals surface area contributed by atoms with Gasteiger partial charge in [-0.3, -0.25) is 9.59 Å². The molecule has 5 nitrogen and oxygen atoms in total. The van der Waals surface area contributed by atoms with E-state index in [9.17, 15) is 9.59 Å². The minimum atomic E-state index is 0.0388. The van der Waals surface area contributed by atoms with Crippen LogP contribution in [-0.4, -0.2) is 49.9 Å². The Labute approximate surface area is 97.6 Å². The van der Waals surface area contributed by atoms with Crippen LogP contribution in [0.25, 0.3) is 0 Å². The summed E-state index contributed by atoms with van der Waals surface area (Å²) < 4.78 is 0. The first-order chi connectivity index (χ1) is 7.65. The van der Waals surface area contributed by atoms with Crippen LogP contribution < -0.4 is 10.6 Å². The Kier molecular flexibility index (Phi) is 8.52. The molecule has 0 fully saturated rings. The predicted octanol–water partition coefficient (Wildman–Crippen LogP) is -0.0294. The van der Waals surface area contributed by atoms with Crippen molar-refractivity contribution in [1.29, 1.82) is 0 Å². The molecule has 0 saturated heterocycles. The van der Waals surface area contributed by atoms with Crippen LogP contribution in [0.5, 0.6) is 0 Å². The molecule has 2 amide bonds. The Bertz CT molecular complexity index is 215. The molecule has 0 heterocycles. The van der Waals surface area contributed by atoms with E-state index in [1.54, 1.807) is 11.9 Å². The molecule has 0 saturated carbocycles. The van der Waals surface area contributed by atoms with Crippen LogP contribution in [0.4, 0.5) is 0 Å². The van der Waals surface area contributed by atoms with E-state index in [1.807, 2.05) is 13.8 Å². The summed E-state index contributed by atoms with van der Waals surface area (Å²) in [4.78, 5) is 24.2. The zero-order valence-electron chi connectivity index (χ0n) is 10.5. The molecule has 0 bridgehead atoms. The lowest BCUT2D eigenvalue weighted by Gasteiger charge is -2.18. The van der Waals surface area contributed by atoms with Crippen molar-refractivity contribution < 1.29 is 9.59 Å². The highest BCUT2D eigenvalue weighted by atomic mass is 16.2. The van der Waals surface area contributed by atoms with E-state index >= 15 is 0 Å². The fourth-order valence-corrected chi connectivity index (χ4v) is 1.38. The second-order valence-corrected chi connectivity index (χ2v) is 3.52. The number of carbonyl (C=O) groups excluding carboxylic acids is 2. The highest BCUT2D eigenvalue weighted by Gasteiger charge is 2.07. The van der Waals surface area contributed by atoms with E-state index in [0.29, 0.717) is 19.5 Å². The molecule has 0 radical (unpaired) electrons. The van der Waals surface area contributed by atoms with Gasteiger partial charge in [0.25, 0.3) is 0 Å². The van der Waals surface area contributed by atoms with E-state index in [-0.39, 0.29) is 11.8 Å².